The number of rotatable bonds is 7. The molecule has 82 valence electrons. The number of hydrogen-bond donors (Lipinski definition) is 3. The molecule has 0 aliphatic carbocycles. The highest BCUT2D eigenvalue weighted by Crippen LogP contribution is 1.97. The zero-order valence-electron chi connectivity index (χ0n) is 8.36. The number of nitrogens with zero attached hydrogens (tertiary/aromatic N) is 1. The first-order chi connectivity index (χ1) is 6.43. The van der Waals surface area contributed by atoms with Gasteiger partial charge in [0.15, 0.2) is 0 Å². The van der Waals surface area contributed by atoms with E-state index < -0.39 is 18.0 Å². The van der Waals surface area contributed by atoms with Crippen LogP contribution >= 0.6 is 0 Å². The van der Waals surface area contributed by atoms with Crippen molar-refractivity contribution in [1.29, 1.82) is 0 Å². The third kappa shape index (κ3) is 6.38. The van der Waals surface area contributed by atoms with Crippen LogP contribution in [-0.2, 0) is 9.59 Å². The van der Waals surface area contributed by atoms with Gasteiger partial charge in [-0.05, 0) is 20.5 Å². The van der Waals surface area contributed by atoms with E-state index >= 15 is 0 Å². The van der Waals surface area contributed by atoms with Crippen molar-refractivity contribution in [2.45, 2.75) is 18.9 Å². The molecule has 1 atom stereocenters. The lowest BCUT2D eigenvalue weighted by Gasteiger charge is -2.16. The van der Waals surface area contributed by atoms with E-state index in [-0.39, 0.29) is 12.8 Å². The van der Waals surface area contributed by atoms with E-state index in [2.05, 4.69) is 5.32 Å². The summed E-state index contributed by atoms with van der Waals surface area (Å²) in [5.74, 6) is -2.00. The van der Waals surface area contributed by atoms with E-state index in [9.17, 15) is 9.59 Å². The molecule has 0 rings (SSSR count). The molecule has 3 N–H and O–H groups in total. The lowest BCUT2D eigenvalue weighted by Crippen LogP contribution is -2.41. The Balaban J connectivity index is 3.90. The number of aliphatic carboxylic acids is 2. The lowest BCUT2D eigenvalue weighted by molar-refractivity contribution is -0.140. The Morgan fingerprint density at radius 1 is 1.36 bits per heavy atom. The second-order valence-electron chi connectivity index (χ2n) is 3.27. The van der Waals surface area contributed by atoms with Gasteiger partial charge in [0.25, 0.3) is 0 Å². The van der Waals surface area contributed by atoms with Crippen LogP contribution in [0.4, 0.5) is 0 Å². The number of carboxylic acids is 2. The van der Waals surface area contributed by atoms with Crippen LogP contribution in [-0.4, -0.2) is 53.9 Å². The van der Waals surface area contributed by atoms with Crippen LogP contribution < -0.4 is 5.32 Å². The third-order valence-electron chi connectivity index (χ3n) is 1.60. The molecule has 0 fully saturated rings. The summed E-state index contributed by atoms with van der Waals surface area (Å²) in [5, 5.41) is 19.9. The van der Waals surface area contributed by atoms with Gasteiger partial charge in [-0.15, -0.1) is 0 Å². The third-order valence-corrected chi connectivity index (χ3v) is 1.60. The summed E-state index contributed by atoms with van der Waals surface area (Å²) in [6.45, 7) is 0.413. The number of carbonyl (C=O) groups is 2. The standard InChI is InChI=1S/C8H16N2O4/c1-10(2)5-9-6(8(13)14)3-4-7(11)12/h6,9H,3-5H2,1-2H3,(H,11,12)(H,13,14). The molecule has 0 aromatic carbocycles. The minimum absolute atomic E-state index is 0.0957. The molecule has 0 heterocycles. The van der Waals surface area contributed by atoms with Crippen molar-refractivity contribution in [3.8, 4) is 0 Å². The molecule has 0 aliphatic heterocycles. The Bertz CT molecular complexity index is 206. The van der Waals surface area contributed by atoms with Gasteiger partial charge in [0.05, 0.1) is 0 Å². The van der Waals surface area contributed by atoms with Gasteiger partial charge in [-0.2, -0.15) is 0 Å². The van der Waals surface area contributed by atoms with E-state index in [0.29, 0.717) is 6.67 Å². The summed E-state index contributed by atoms with van der Waals surface area (Å²) in [6, 6.07) is -0.798. The zero-order valence-corrected chi connectivity index (χ0v) is 8.36. The van der Waals surface area contributed by atoms with Gasteiger partial charge in [-0.25, -0.2) is 0 Å². The van der Waals surface area contributed by atoms with Gasteiger partial charge < -0.3 is 10.2 Å². The minimum Gasteiger partial charge on any atom is -0.481 e. The molecule has 6 nitrogen and oxygen atoms in total. The highest BCUT2D eigenvalue weighted by Gasteiger charge is 2.17. The molecule has 0 aliphatic rings. The SMILES string of the molecule is CN(C)CNC(CCC(=O)O)C(=O)O. The molecule has 0 aromatic heterocycles. The van der Waals surface area contributed by atoms with Crippen LogP contribution in [0.2, 0.25) is 0 Å². The van der Waals surface area contributed by atoms with E-state index in [0.717, 1.165) is 0 Å². The molecule has 0 spiro atoms. The smallest absolute Gasteiger partial charge is 0.320 e. The van der Waals surface area contributed by atoms with Crippen molar-refractivity contribution in [2.24, 2.45) is 0 Å². The first kappa shape index (κ1) is 12.9. The van der Waals surface area contributed by atoms with Crippen molar-refractivity contribution < 1.29 is 19.8 Å². The molecule has 0 saturated carbocycles. The monoisotopic (exact) mass is 204 g/mol. The predicted octanol–water partition coefficient (Wildman–Crippen LogP) is -0.587. The van der Waals surface area contributed by atoms with Gasteiger partial charge >= 0.3 is 11.9 Å². The molecule has 0 saturated heterocycles. The largest absolute Gasteiger partial charge is 0.481 e. The van der Waals surface area contributed by atoms with Crippen molar-refractivity contribution >= 4 is 11.9 Å². The molecule has 6 heteroatoms. The molecular formula is C8H16N2O4. The first-order valence-corrected chi connectivity index (χ1v) is 4.26. The van der Waals surface area contributed by atoms with E-state index in [4.69, 9.17) is 10.2 Å². The van der Waals surface area contributed by atoms with Crippen molar-refractivity contribution in [2.75, 3.05) is 20.8 Å². The average Bonchev–Trinajstić information content (AvgIpc) is 2.02. The quantitative estimate of drug-likeness (QED) is 0.480. The Morgan fingerprint density at radius 2 is 1.93 bits per heavy atom. The first-order valence-electron chi connectivity index (χ1n) is 4.26. The highest BCUT2D eigenvalue weighted by atomic mass is 16.4. The summed E-state index contributed by atoms with van der Waals surface area (Å²) >= 11 is 0. The van der Waals surface area contributed by atoms with Crippen molar-refractivity contribution in [1.82, 2.24) is 10.2 Å². The Labute approximate surface area is 82.5 Å². The molecule has 0 aromatic rings. The van der Waals surface area contributed by atoms with E-state index in [1.165, 1.54) is 0 Å². The fourth-order valence-electron chi connectivity index (χ4n) is 0.873. The second-order valence-corrected chi connectivity index (χ2v) is 3.27. The van der Waals surface area contributed by atoms with Crippen LogP contribution in [0.5, 0.6) is 0 Å². The fourth-order valence-corrected chi connectivity index (χ4v) is 0.873. The average molecular weight is 204 g/mol. The second kappa shape index (κ2) is 6.33. The van der Waals surface area contributed by atoms with Gasteiger partial charge in [-0.3, -0.25) is 19.8 Å². The molecule has 0 amide bonds. The molecule has 0 radical (unpaired) electrons. The maximum atomic E-state index is 10.7. The fraction of sp³-hybridized carbons (Fsp3) is 0.750. The predicted molar refractivity (Wildman–Crippen MR) is 50.0 cm³/mol. The normalized spacial score (nSPS) is 12.8. The maximum absolute atomic E-state index is 10.7. The molecule has 14 heavy (non-hydrogen) atoms. The Kier molecular flexibility index (Phi) is 5.82. The van der Waals surface area contributed by atoms with Crippen molar-refractivity contribution in [3.05, 3.63) is 0 Å². The van der Waals surface area contributed by atoms with E-state index in [1.54, 1.807) is 19.0 Å². The summed E-state index contributed by atoms with van der Waals surface area (Å²) in [5.41, 5.74) is 0. The van der Waals surface area contributed by atoms with Crippen LogP contribution in [0.25, 0.3) is 0 Å². The number of nitrogens with one attached hydrogen (secondary N) is 1. The topological polar surface area (TPSA) is 89.9 Å². The summed E-state index contributed by atoms with van der Waals surface area (Å²) in [4.78, 5) is 22.7. The van der Waals surface area contributed by atoms with Gasteiger partial charge in [0.2, 0.25) is 0 Å². The lowest BCUT2D eigenvalue weighted by atomic mass is 10.1. The summed E-state index contributed by atoms with van der Waals surface area (Å²) < 4.78 is 0. The number of hydrogen-bond acceptors (Lipinski definition) is 4. The molecule has 0 bridgehead atoms. The summed E-state index contributed by atoms with van der Waals surface area (Å²) in [6.07, 6.45) is -0.0457. The van der Waals surface area contributed by atoms with Gasteiger partial charge in [0.1, 0.15) is 6.04 Å². The highest BCUT2D eigenvalue weighted by molar-refractivity contribution is 5.75. The molecule has 1 unspecified atom stereocenters. The Hall–Kier alpha value is -1.14. The van der Waals surface area contributed by atoms with Crippen LogP contribution in [0.3, 0.4) is 0 Å². The minimum atomic E-state index is -1.02. The van der Waals surface area contributed by atoms with Crippen LogP contribution in [0.1, 0.15) is 12.8 Å². The van der Waals surface area contributed by atoms with Crippen molar-refractivity contribution in [3.63, 3.8) is 0 Å². The van der Waals surface area contributed by atoms with Gasteiger partial charge in [0, 0.05) is 13.1 Å². The van der Waals surface area contributed by atoms with Crippen LogP contribution in [0.15, 0.2) is 0 Å². The Morgan fingerprint density at radius 3 is 2.29 bits per heavy atom. The summed E-state index contributed by atoms with van der Waals surface area (Å²) in [7, 11) is 3.59. The van der Waals surface area contributed by atoms with Gasteiger partial charge in [-0.1, -0.05) is 0 Å². The number of carboxylic acid groups (broad SMARTS) is 2. The molecular weight excluding hydrogens is 188 g/mol. The van der Waals surface area contributed by atoms with Crippen LogP contribution in [0, 0.1) is 0 Å². The zero-order chi connectivity index (χ0) is 11.1. The van der Waals surface area contributed by atoms with E-state index in [1.807, 2.05) is 0 Å². The maximum Gasteiger partial charge on any atom is 0.320 e.